The minimum Gasteiger partial charge on any atom is -0.221 e. The second-order valence-corrected chi connectivity index (χ2v) is 4.44. The summed E-state index contributed by atoms with van der Waals surface area (Å²) >= 11 is 6.29. The molecule has 0 amide bonds. The van der Waals surface area contributed by atoms with Crippen molar-refractivity contribution in [1.29, 1.82) is 0 Å². The third-order valence-corrected chi connectivity index (χ3v) is 3.29. The van der Waals surface area contributed by atoms with E-state index in [2.05, 4.69) is 23.9 Å². The summed E-state index contributed by atoms with van der Waals surface area (Å²) in [7, 11) is 0. The largest absolute Gasteiger partial charge is 0.221 e. The molecule has 0 fully saturated rings. The summed E-state index contributed by atoms with van der Waals surface area (Å²) < 4.78 is 1.79. The van der Waals surface area contributed by atoms with Gasteiger partial charge in [-0.05, 0) is 24.3 Å². The maximum atomic E-state index is 6.29. The van der Waals surface area contributed by atoms with E-state index in [1.54, 1.807) is 10.8 Å². The van der Waals surface area contributed by atoms with E-state index in [1.165, 1.54) is 12.0 Å². The van der Waals surface area contributed by atoms with Gasteiger partial charge < -0.3 is 0 Å². The highest BCUT2D eigenvalue weighted by Crippen LogP contribution is 2.30. The number of hydrogen-bond donors (Lipinski definition) is 0. The van der Waals surface area contributed by atoms with Crippen molar-refractivity contribution in [2.75, 3.05) is 0 Å². The molecule has 0 aromatic carbocycles. The zero-order valence-electron chi connectivity index (χ0n) is 9.65. The minimum atomic E-state index is 0.520. The van der Waals surface area contributed by atoms with Crippen molar-refractivity contribution >= 4 is 17.2 Å². The summed E-state index contributed by atoms with van der Waals surface area (Å²) in [6.07, 6.45) is 7.00. The van der Waals surface area contributed by atoms with Crippen LogP contribution in [0.1, 0.15) is 44.6 Å². The quantitative estimate of drug-likeness (QED) is 0.812. The summed E-state index contributed by atoms with van der Waals surface area (Å²) in [6.45, 7) is 4.40. The highest BCUT2D eigenvalue weighted by molar-refractivity contribution is 6.31. The van der Waals surface area contributed by atoms with Gasteiger partial charge >= 0.3 is 0 Å². The van der Waals surface area contributed by atoms with Crippen LogP contribution >= 0.6 is 11.6 Å². The SMILES string of the molecule is CCCC(CC)c1cn2ncnc2cc1Cl. The van der Waals surface area contributed by atoms with Crippen LogP contribution in [0.15, 0.2) is 18.6 Å². The molecule has 4 heteroatoms. The van der Waals surface area contributed by atoms with Crippen LogP contribution in [-0.2, 0) is 0 Å². The minimum absolute atomic E-state index is 0.520. The molecule has 1 unspecified atom stereocenters. The molecule has 2 aromatic rings. The zero-order valence-corrected chi connectivity index (χ0v) is 10.4. The number of aromatic nitrogens is 3. The smallest absolute Gasteiger partial charge is 0.156 e. The Morgan fingerprint density at radius 3 is 2.94 bits per heavy atom. The van der Waals surface area contributed by atoms with Crippen LogP contribution < -0.4 is 0 Å². The maximum absolute atomic E-state index is 6.29. The molecule has 0 spiro atoms. The lowest BCUT2D eigenvalue weighted by molar-refractivity contribution is 0.592. The lowest BCUT2D eigenvalue weighted by atomic mass is 9.93. The molecule has 2 rings (SSSR count). The third kappa shape index (κ3) is 2.05. The van der Waals surface area contributed by atoms with E-state index in [-0.39, 0.29) is 0 Å². The van der Waals surface area contributed by atoms with Crippen molar-refractivity contribution < 1.29 is 0 Å². The Bertz CT molecular complexity index is 478. The van der Waals surface area contributed by atoms with Crippen LogP contribution in [0.5, 0.6) is 0 Å². The fourth-order valence-electron chi connectivity index (χ4n) is 2.08. The van der Waals surface area contributed by atoms with Crippen molar-refractivity contribution in [3.8, 4) is 0 Å². The average Bonchev–Trinajstić information content (AvgIpc) is 2.72. The van der Waals surface area contributed by atoms with Crippen molar-refractivity contribution in [2.24, 2.45) is 0 Å². The molecular formula is C12H16ClN3. The first kappa shape index (κ1) is 11.4. The van der Waals surface area contributed by atoms with Crippen LogP contribution in [0.25, 0.3) is 5.65 Å². The topological polar surface area (TPSA) is 30.2 Å². The van der Waals surface area contributed by atoms with Gasteiger partial charge in [0.15, 0.2) is 5.65 Å². The van der Waals surface area contributed by atoms with Gasteiger partial charge in [-0.1, -0.05) is 31.9 Å². The second-order valence-electron chi connectivity index (χ2n) is 4.03. The Hall–Kier alpha value is -1.09. The van der Waals surface area contributed by atoms with Gasteiger partial charge in [0.05, 0.1) is 0 Å². The standard InChI is InChI=1S/C12H16ClN3/c1-3-5-9(4-2)10-7-16-12(6-11(10)13)14-8-15-16/h6-9H,3-5H2,1-2H3. The first-order valence-electron chi connectivity index (χ1n) is 5.75. The summed E-state index contributed by atoms with van der Waals surface area (Å²) in [5.41, 5.74) is 1.99. The molecule has 0 aliphatic carbocycles. The molecule has 0 bridgehead atoms. The van der Waals surface area contributed by atoms with Gasteiger partial charge in [0.25, 0.3) is 0 Å². The van der Waals surface area contributed by atoms with Gasteiger partial charge in [-0.2, -0.15) is 5.10 Å². The van der Waals surface area contributed by atoms with Crippen LogP contribution in [0.3, 0.4) is 0 Å². The summed E-state index contributed by atoms with van der Waals surface area (Å²) in [5, 5.41) is 4.95. The van der Waals surface area contributed by atoms with Gasteiger partial charge in [-0.25, -0.2) is 9.50 Å². The first-order valence-corrected chi connectivity index (χ1v) is 6.12. The Labute approximate surface area is 100 Å². The molecule has 0 saturated carbocycles. The highest BCUT2D eigenvalue weighted by atomic mass is 35.5. The lowest BCUT2D eigenvalue weighted by Crippen LogP contribution is -2.01. The third-order valence-electron chi connectivity index (χ3n) is 2.96. The molecule has 3 nitrogen and oxygen atoms in total. The number of hydrogen-bond acceptors (Lipinski definition) is 2. The number of pyridine rings is 1. The molecular weight excluding hydrogens is 222 g/mol. The van der Waals surface area contributed by atoms with E-state index in [0.29, 0.717) is 5.92 Å². The summed E-state index contributed by atoms with van der Waals surface area (Å²) in [4.78, 5) is 4.12. The lowest BCUT2D eigenvalue weighted by Gasteiger charge is -2.15. The van der Waals surface area contributed by atoms with Gasteiger partial charge in [0, 0.05) is 17.3 Å². The fourth-order valence-corrected chi connectivity index (χ4v) is 2.38. The van der Waals surface area contributed by atoms with Crippen LogP contribution in [0.2, 0.25) is 5.02 Å². The molecule has 2 aromatic heterocycles. The van der Waals surface area contributed by atoms with E-state index in [4.69, 9.17) is 11.6 Å². The van der Waals surface area contributed by atoms with Gasteiger partial charge in [0.1, 0.15) is 6.33 Å². The van der Waals surface area contributed by atoms with E-state index < -0.39 is 0 Å². The number of halogens is 1. The van der Waals surface area contributed by atoms with Gasteiger partial charge in [-0.15, -0.1) is 0 Å². The van der Waals surface area contributed by atoms with Crippen LogP contribution in [0, 0.1) is 0 Å². The molecule has 0 radical (unpaired) electrons. The summed E-state index contributed by atoms with van der Waals surface area (Å²) in [6, 6.07) is 1.89. The molecule has 0 aliphatic rings. The van der Waals surface area contributed by atoms with Crippen molar-refractivity contribution in [2.45, 2.75) is 39.0 Å². The Kier molecular flexibility index (Phi) is 3.44. The van der Waals surface area contributed by atoms with E-state index >= 15 is 0 Å². The monoisotopic (exact) mass is 237 g/mol. The average molecular weight is 238 g/mol. The van der Waals surface area contributed by atoms with Gasteiger partial charge in [-0.3, -0.25) is 0 Å². The van der Waals surface area contributed by atoms with Crippen molar-refractivity contribution in [3.05, 3.63) is 29.2 Å². The predicted octanol–water partition coefficient (Wildman–Crippen LogP) is 3.68. The van der Waals surface area contributed by atoms with Crippen molar-refractivity contribution in [3.63, 3.8) is 0 Å². The molecule has 0 N–H and O–H groups in total. The zero-order chi connectivity index (χ0) is 11.5. The van der Waals surface area contributed by atoms with Gasteiger partial charge in [0.2, 0.25) is 0 Å². The Balaban J connectivity index is 2.44. The maximum Gasteiger partial charge on any atom is 0.156 e. The fraction of sp³-hybridized carbons (Fsp3) is 0.500. The summed E-state index contributed by atoms with van der Waals surface area (Å²) in [5.74, 6) is 0.520. The predicted molar refractivity (Wildman–Crippen MR) is 65.9 cm³/mol. The molecule has 86 valence electrons. The number of rotatable bonds is 4. The Morgan fingerprint density at radius 1 is 1.44 bits per heavy atom. The van der Waals surface area contributed by atoms with Crippen LogP contribution in [-0.4, -0.2) is 14.6 Å². The van der Waals surface area contributed by atoms with E-state index in [1.807, 2.05) is 12.3 Å². The van der Waals surface area contributed by atoms with E-state index in [9.17, 15) is 0 Å². The number of nitrogens with zero attached hydrogens (tertiary/aromatic N) is 3. The molecule has 16 heavy (non-hydrogen) atoms. The van der Waals surface area contributed by atoms with E-state index in [0.717, 1.165) is 23.5 Å². The van der Waals surface area contributed by atoms with Crippen LogP contribution in [0.4, 0.5) is 0 Å². The first-order chi connectivity index (χ1) is 7.76. The molecule has 2 heterocycles. The van der Waals surface area contributed by atoms with Crippen molar-refractivity contribution in [1.82, 2.24) is 14.6 Å². The highest BCUT2D eigenvalue weighted by Gasteiger charge is 2.13. The normalized spacial score (nSPS) is 13.2. The molecule has 1 atom stereocenters. The molecule has 0 aliphatic heterocycles. The molecule has 0 saturated heterocycles. The Morgan fingerprint density at radius 2 is 2.25 bits per heavy atom. The second kappa shape index (κ2) is 4.83. The number of fused-ring (bicyclic) bond motifs is 1.